The summed E-state index contributed by atoms with van der Waals surface area (Å²) in [5, 5.41) is 31.5. The van der Waals surface area contributed by atoms with Crippen LogP contribution in [0.3, 0.4) is 0 Å². The molecule has 0 spiro atoms. The van der Waals surface area contributed by atoms with Crippen molar-refractivity contribution in [1.29, 1.82) is 0 Å². The summed E-state index contributed by atoms with van der Waals surface area (Å²) < 4.78 is 28.4. The first kappa shape index (κ1) is 72.1. The summed E-state index contributed by atoms with van der Waals surface area (Å²) in [4.78, 5) is 51.2. The maximum absolute atomic E-state index is 13.2. The Hall–Kier alpha value is -4.88. The third kappa shape index (κ3) is 43.6. The maximum Gasteiger partial charge on any atom is 0.335 e. The SMILES string of the molecule is CC/C=C\C/C=C\C/C=C\C/C=C\CCCCCCCCC(=O)OCC(COC1OC(C(=O)O)C(O)C(O)C1OC(=O)CCCC/C=C\C/C=C\C/C=C\C/C=C\CC)OC(=O)CCCCCCC/C=C\C/C=C\CCCCC. The molecule has 3 N–H and O–H groups in total. The molecule has 1 aliphatic heterocycles. The molecule has 6 atom stereocenters. The van der Waals surface area contributed by atoms with Crippen molar-refractivity contribution < 1.29 is 58.2 Å². The summed E-state index contributed by atoms with van der Waals surface area (Å²) in [6, 6.07) is 0. The van der Waals surface area contributed by atoms with Crippen molar-refractivity contribution >= 4 is 23.9 Å². The molecule has 0 amide bonds. The first-order chi connectivity index (χ1) is 38.6. The number of carbonyl (C=O) groups is 4. The molecule has 0 radical (unpaired) electrons. The van der Waals surface area contributed by atoms with Gasteiger partial charge < -0.3 is 39.0 Å². The maximum atomic E-state index is 13.2. The molecule has 1 heterocycles. The Morgan fingerprint density at radius 1 is 0.430 bits per heavy atom. The molecule has 1 saturated heterocycles. The van der Waals surface area contributed by atoms with E-state index in [2.05, 4.69) is 142 Å². The van der Waals surface area contributed by atoms with Crippen LogP contribution >= 0.6 is 0 Å². The van der Waals surface area contributed by atoms with Gasteiger partial charge in [-0.25, -0.2) is 4.79 Å². The largest absolute Gasteiger partial charge is 0.479 e. The van der Waals surface area contributed by atoms with Crippen molar-refractivity contribution in [3.63, 3.8) is 0 Å². The fraction of sp³-hybridized carbons (Fsp3) is 0.642. The minimum absolute atomic E-state index is 0.00103. The van der Waals surface area contributed by atoms with Gasteiger partial charge in [-0.2, -0.15) is 0 Å². The van der Waals surface area contributed by atoms with Gasteiger partial charge >= 0.3 is 23.9 Å². The molecule has 0 aromatic heterocycles. The average Bonchev–Trinajstić information content (AvgIpc) is 3.46. The number of esters is 3. The van der Waals surface area contributed by atoms with Crippen LogP contribution in [0.2, 0.25) is 0 Å². The molecular formula is C67H106O12. The van der Waals surface area contributed by atoms with Crippen molar-refractivity contribution in [2.45, 2.75) is 263 Å². The highest BCUT2D eigenvalue weighted by molar-refractivity contribution is 5.74. The van der Waals surface area contributed by atoms with Gasteiger partial charge in [-0.1, -0.05) is 200 Å². The number of rotatable bonds is 50. The molecule has 12 heteroatoms. The van der Waals surface area contributed by atoms with Crippen molar-refractivity contribution in [2.24, 2.45) is 0 Å². The van der Waals surface area contributed by atoms with Gasteiger partial charge in [0.2, 0.25) is 0 Å². The smallest absolute Gasteiger partial charge is 0.335 e. The van der Waals surface area contributed by atoms with Crippen LogP contribution < -0.4 is 0 Å². The number of carbonyl (C=O) groups excluding carboxylic acids is 3. The summed E-state index contributed by atoms with van der Waals surface area (Å²) in [5.41, 5.74) is 0. The van der Waals surface area contributed by atoms with Gasteiger partial charge in [-0.15, -0.1) is 0 Å². The lowest BCUT2D eigenvalue weighted by Crippen LogP contribution is -2.61. The molecule has 1 fully saturated rings. The molecule has 12 nitrogen and oxygen atoms in total. The zero-order valence-corrected chi connectivity index (χ0v) is 49.1. The van der Waals surface area contributed by atoms with Gasteiger partial charge in [0.25, 0.3) is 0 Å². The van der Waals surface area contributed by atoms with Crippen LogP contribution in [0.1, 0.15) is 226 Å². The fourth-order valence-corrected chi connectivity index (χ4v) is 8.38. The third-order valence-electron chi connectivity index (χ3n) is 13.0. The van der Waals surface area contributed by atoms with Crippen LogP contribution in [0.4, 0.5) is 0 Å². The number of ether oxygens (including phenoxy) is 5. The van der Waals surface area contributed by atoms with Gasteiger partial charge in [0.05, 0.1) is 6.61 Å². The van der Waals surface area contributed by atoms with E-state index in [0.29, 0.717) is 25.7 Å². The van der Waals surface area contributed by atoms with Gasteiger partial charge in [-0.05, 0) is 128 Å². The highest BCUT2D eigenvalue weighted by Crippen LogP contribution is 2.26. The quantitative estimate of drug-likeness (QED) is 0.0228. The van der Waals surface area contributed by atoms with E-state index in [0.717, 1.165) is 141 Å². The van der Waals surface area contributed by atoms with Crippen molar-refractivity contribution in [3.8, 4) is 0 Å². The van der Waals surface area contributed by atoms with Gasteiger partial charge in [-0.3, -0.25) is 14.4 Å². The summed E-state index contributed by atoms with van der Waals surface area (Å²) in [6.45, 7) is 5.69. The predicted molar refractivity (Wildman–Crippen MR) is 321 cm³/mol. The lowest BCUT2D eigenvalue weighted by molar-refractivity contribution is -0.301. The molecule has 0 saturated carbocycles. The monoisotopic (exact) mass is 1100 g/mol. The Kier molecular flexibility index (Phi) is 49.1. The minimum atomic E-state index is -1.93. The highest BCUT2D eigenvalue weighted by atomic mass is 16.7. The number of carboxylic acid groups (broad SMARTS) is 1. The van der Waals surface area contributed by atoms with Crippen LogP contribution in [0.15, 0.2) is 122 Å². The number of allylic oxidation sites excluding steroid dienone is 20. The second-order valence-corrected chi connectivity index (χ2v) is 20.2. The Morgan fingerprint density at radius 2 is 0.797 bits per heavy atom. The number of carboxylic acids is 1. The lowest BCUT2D eigenvalue weighted by atomic mass is 9.98. The van der Waals surface area contributed by atoms with Crippen LogP contribution in [-0.2, 0) is 42.9 Å². The van der Waals surface area contributed by atoms with Crippen LogP contribution in [0.25, 0.3) is 0 Å². The van der Waals surface area contributed by atoms with E-state index in [-0.39, 0.29) is 25.9 Å². The molecule has 446 valence electrons. The van der Waals surface area contributed by atoms with E-state index in [9.17, 15) is 34.5 Å². The minimum Gasteiger partial charge on any atom is -0.479 e. The number of aliphatic hydroxyl groups is 2. The Labute approximate surface area is 478 Å². The Balaban J connectivity index is 2.73. The molecule has 0 aromatic rings. The lowest BCUT2D eigenvalue weighted by Gasteiger charge is -2.40. The molecule has 0 bridgehead atoms. The zero-order chi connectivity index (χ0) is 57.5. The summed E-state index contributed by atoms with van der Waals surface area (Å²) in [6.07, 6.45) is 61.6. The molecule has 6 unspecified atom stereocenters. The second-order valence-electron chi connectivity index (χ2n) is 20.2. The van der Waals surface area contributed by atoms with Crippen molar-refractivity contribution in [2.75, 3.05) is 13.2 Å². The molecule has 1 aliphatic rings. The van der Waals surface area contributed by atoms with E-state index in [1.54, 1.807) is 0 Å². The second kappa shape index (κ2) is 53.7. The number of aliphatic carboxylic acids is 1. The van der Waals surface area contributed by atoms with E-state index in [1.165, 1.54) is 19.3 Å². The first-order valence-electron chi connectivity index (χ1n) is 30.5. The number of unbranched alkanes of at least 4 members (excludes halogenated alkanes) is 16. The van der Waals surface area contributed by atoms with Crippen molar-refractivity contribution in [3.05, 3.63) is 122 Å². The summed E-state index contributed by atoms with van der Waals surface area (Å²) >= 11 is 0. The van der Waals surface area contributed by atoms with E-state index >= 15 is 0 Å². The number of aliphatic hydroxyl groups excluding tert-OH is 2. The molecule has 1 rings (SSSR count). The third-order valence-corrected chi connectivity index (χ3v) is 13.0. The zero-order valence-electron chi connectivity index (χ0n) is 49.1. The van der Waals surface area contributed by atoms with Gasteiger partial charge in [0.1, 0.15) is 18.8 Å². The van der Waals surface area contributed by atoms with Crippen molar-refractivity contribution in [1.82, 2.24) is 0 Å². The standard InChI is InChI=1S/C67H106O12/c1-4-7-10-13-16-19-22-25-28-29-30-31-34-35-38-41-44-47-50-53-59(68)75-56-58(77-60(69)54-51-48-45-42-39-36-32-26-23-20-17-14-11-8-5-2)57-76-67-65(63(72)62(71)64(79-67)66(73)74)78-61(70)55-52-49-46-43-40-37-33-27-24-21-18-15-12-9-6-3/h7,9-10,12,16-21,25-28,30-33,40,43,58,62-65,67,71-72H,4-6,8,11,13-15,22-24,29,34-39,41-42,44-57H2,1-3H3,(H,73,74)/b10-7-,12-9-,19-16-,20-17-,21-18-,28-25-,31-30-,32-26-,33-27-,43-40-. The predicted octanol–water partition coefficient (Wildman–Crippen LogP) is 16.0. The summed E-state index contributed by atoms with van der Waals surface area (Å²) in [7, 11) is 0. The average molecular weight is 1100 g/mol. The fourth-order valence-electron chi connectivity index (χ4n) is 8.38. The van der Waals surface area contributed by atoms with Gasteiger partial charge in [0, 0.05) is 19.3 Å². The molecular weight excluding hydrogens is 997 g/mol. The number of hydrogen-bond acceptors (Lipinski definition) is 11. The molecule has 79 heavy (non-hydrogen) atoms. The Bertz CT molecular complexity index is 1840. The van der Waals surface area contributed by atoms with E-state index in [1.807, 2.05) is 0 Å². The number of hydrogen-bond donors (Lipinski definition) is 3. The summed E-state index contributed by atoms with van der Waals surface area (Å²) in [5.74, 6) is -3.23. The normalized spacial score (nSPS) is 18.7. The topological polar surface area (TPSA) is 175 Å². The van der Waals surface area contributed by atoms with Gasteiger partial charge in [0.15, 0.2) is 24.6 Å². The first-order valence-corrected chi connectivity index (χ1v) is 30.5. The van der Waals surface area contributed by atoms with E-state index in [4.69, 9.17) is 23.7 Å². The van der Waals surface area contributed by atoms with Crippen LogP contribution in [0.5, 0.6) is 0 Å². The molecule has 0 aromatic carbocycles. The van der Waals surface area contributed by atoms with Crippen LogP contribution in [0, 0.1) is 0 Å². The Morgan fingerprint density at radius 3 is 1.24 bits per heavy atom. The highest BCUT2D eigenvalue weighted by Gasteiger charge is 2.50. The van der Waals surface area contributed by atoms with Crippen LogP contribution in [-0.4, -0.2) is 89.2 Å². The molecule has 0 aliphatic carbocycles. The van der Waals surface area contributed by atoms with E-state index < -0.39 is 67.3 Å².